The Hall–Kier alpha value is -2.23. The molecule has 3 rings (SSSR count). The zero-order chi connectivity index (χ0) is 17.1. The summed E-state index contributed by atoms with van der Waals surface area (Å²) in [6.45, 7) is 1.92. The summed E-state index contributed by atoms with van der Waals surface area (Å²) in [6, 6.07) is 3.40. The van der Waals surface area contributed by atoms with Gasteiger partial charge in [0.15, 0.2) is 0 Å². The lowest BCUT2D eigenvalue weighted by atomic mass is 9.75. The second-order valence-corrected chi connectivity index (χ2v) is 6.22. The van der Waals surface area contributed by atoms with Gasteiger partial charge in [0.25, 0.3) is 5.91 Å². The highest BCUT2D eigenvalue weighted by molar-refractivity contribution is 7.09. The van der Waals surface area contributed by atoms with E-state index in [0.717, 1.165) is 5.56 Å². The Balaban J connectivity index is 1.57. The number of hydrogen-bond donors (Lipinski definition) is 2. The molecule has 1 aliphatic heterocycles. The van der Waals surface area contributed by atoms with Crippen LogP contribution in [-0.2, 0) is 27.4 Å². The van der Waals surface area contributed by atoms with E-state index >= 15 is 0 Å². The molecule has 0 saturated carbocycles. The first kappa shape index (κ1) is 16.6. The van der Waals surface area contributed by atoms with Gasteiger partial charge in [-0.15, -0.1) is 11.3 Å². The summed E-state index contributed by atoms with van der Waals surface area (Å²) in [6.07, 6.45) is 1.63. The number of fused-ring (bicyclic) bond motifs is 1. The van der Waals surface area contributed by atoms with Crippen molar-refractivity contribution in [1.82, 2.24) is 10.3 Å². The minimum atomic E-state index is -1.02. The predicted molar refractivity (Wildman–Crippen MR) is 87.8 cm³/mol. The molecule has 1 aromatic heterocycles. The van der Waals surface area contributed by atoms with Crippen molar-refractivity contribution < 1.29 is 24.0 Å². The predicted octanol–water partition coefficient (Wildman–Crippen LogP) is 0.142. The number of rotatable bonds is 5. The number of thiazole rings is 1. The standard InChI is InChI=1S/C15H15BN2O5S/c1-9-11(3-2-10-7-23-16(21)14(9)10)15(20)18-6-13(19)22-8-12-17-4-5-24-12/h2-5,21H,6-8H2,1H3,(H,18,20). The van der Waals surface area contributed by atoms with Crippen molar-refractivity contribution in [3.63, 3.8) is 0 Å². The molecule has 24 heavy (non-hydrogen) atoms. The molecule has 1 aliphatic rings. The molecule has 0 radical (unpaired) electrons. The van der Waals surface area contributed by atoms with Crippen molar-refractivity contribution in [3.05, 3.63) is 45.4 Å². The van der Waals surface area contributed by atoms with Gasteiger partial charge in [0.05, 0.1) is 6.61 Å². The van der Waals surface area contributed by atoms with Crippen LogP contribution in [0.4, 0.5) is 0 Å². The summed E-state index contributed by atoms with van der Waals surface area (Å²) < 4.78 is 10.2. The number of amides is 1. The number of benzene rings is 1. The Kier molecular flexibility index (Phi) is 4.93. The van der Waals surface area contributed by atoms with Gasteiger partial charge >= 0.3 is 13.1 Å². The SMILES string of the molecule is Cc1c(C(=O)NCC(=O)OCc2nccs2)ccc2c1B(O)OC2. The van der Waals surface area contributed by atoms with E-state index in [-0.39, 0.29) is 13.2 Å². The van der Waals surface area contributed by atoms with Crippen molar-refractivity contribution in [2.75, 3.05) is 6.54 Å². The molecule has 9 heteroatoms. The molecule has 0 saturated heterocycles. The minimum Gasteiger partial charge on any atom is -0.457 e. The molecule has 0 aliphatic carbocycles. The topological polar surface area (TPSA) is 97.8 Å². The lowest BCUT2D eigenvalue weighted by Gasteiger charge is -2.11. The molecule has 124 valence electrons. The molecule has 0 unspecified atom stereocenters. The fourth-order valence-electron chi connectivity index (χ4n) is 2.52. The van der Waals surface area contributed by atoms with Crippen LogP contribution in [0, 0.1) is 6.92 Å². The molecule has 2 aromatic rings. The molecular formula is C15H15BN2O5S. The van der Waals surface area contributed by atoms with Crippen LogP contribution in [-0.4, -0.2) is 35.5 Å². The summed E-state index contributed by atoms with van der Waals surface area (Å²) in [5, 5.41) is 14.8. The van der Waals surface area contributed by atoms with Crippen LogP contribution >= 0.6 is 11.3 Å². The van der Waals surface area contributed by atoms with E-state index in [1.807, 2.05) is 0 Å². The molecule has 1 amide bonds. The smallest absolute Gasteiger partial charge is 0.457 e. The Morgan fingerprint density at radius 2 is 2.33 bits per heavy atom. The van der Waals surface area contributed by atoms with Gasteiger partial charge in [-0.25, -0.2) is 4.98 Å². The first-order valence-electron chi connectivity index (χ1n) is 7.30. The average Bonchev–Trinajstić information content (AvgIpc) is 3.21. The molecule has 0 spiro atoms. The van der Waals surface area contributed by atoms with Crippen LogP contribution in [0.15, 0.2) is 23.7 Å². The molecular weight excluding hydrogens is 331 g/mol. The lowest BCUT2D eigenvalue weighted by Crippen LogP contribution is -2.35. The maximum atomic E-state index is 12.3. The second-order valence-electron chi connectivity index (χ2n) is 5.24. The van der Waals surface area contributed by atoms with Gasteiger partial charge in [0.2, 0.25) is 0 Å². The van der Waals surface area contributed by atoms with E-state index in [2.05, 4.69) is 10.3 Å². The van der Waals surface area contributed by atoms with Crippen molar-refractivity contribution in [2.24, 2.45) is 0 Å². The van der Waals surface area contributed by atoms with E-state index < -0.39 is 19.0 Å². The van der Waals surface area contributed by atoms with Gasteiger partial charge in [-0.05, 0) is 29.6 Å². The third kappa shape index (κ3) is 3.48. The normalized spacial score (nSPS) is 12.8. The number of carbonyl (C=O) groups is 2. The number of hydrogen-bond acceptors (Lipinski definition) is 7. The molecule has 2 N–H and O–H groups in total. The van der Waals surface area contributed by atoms with Gasteiger partial charge in [0.1, 0.15) is 18.2 Å². The first-order valence-corrected chi connectivity index (χ1v) is 8.18. The Morgan fingerprint density at radius 3 is 3.08 bits per heavy atom. The van der Waals surface area contributed by atoms with Crippen molar-refractivity contribution in [1.29, 1.82) is 0 Å². The molecule has 0 fully saturated rings. The van der Waals surface area contributed by atoms with E-state index in [1.165, 1.54) is 11.3 Å². The van der Waals surface area contributed by atoms with Crippen LogP contribution in [0.5, 0.6) is 0 Å². The summed E-state index contributed by atoms with van der Waals surface area (Å²) in [5.41, 5.74) is 2.52. The van der Waals surface area contributed by atoms with Crippen LogP contribution < -0.4 is 10.8 Å². The maximum absolute atomic E-state index is 12.3. The summed E-state index contributed by atoms with van der Waals surface area (Å²) in [7, 11) is -1.02. The van der Waals surface area contributed by atoms with E-state index in [9.17, 15) is 14.6 Å². The highest BCUT2D eigenvalue weighted by Crippen LogP contribution is 2.16. The Morgan fingerprint density at radius 1 is 1.50 bits per heavy atom. The van der Waals surface area contributed by atoms with Gasteiger partial charge in [-0.3, -0.25) is 9.59 Å². The van der Waals surface area contributed by atoms with E-state index in [0.29, 0.717) is 28.2 Å². The van der Waals surface area contributed by atoms with Gasteiger partial charge in [0, 0.05) is 17.1 Å². The lowest BCUT2D eigenvalue weighted by molar-refractivity contribution is -0.143. The quantitative estimate of drug-likeness (QED) is 0.591. The third-order valence-electron chi connectivity index (χ3n) is 3.73. The zero-order valence-corrected chi connectivity index (χ0v) is 13.8. The molecule has 0 atom stereocenters. The number of ether oxygens (including phenoxy) is 1. The molecule has 1 aromatic carbocycles. The molecule has 0 bridgehead atoms. The highest BCUT2D eigenvalue weighted by Gasteiger charge is 2.31. The fourth-order valence-corrected chi connectivity index (χ4v) is 3.05. The van der Waals surface area contributed by atoms with Crippen LogP contribution in [0.1, 0.15) is 26.5 Å². The molecule has 2 heterocycles. The highest BCUT2D eigenvalue weighted by atomic mass is 32.1. The number of aromatic nitrogens is 1. The number of carbonyl (C=O) groups excluding carboxylic acids is 2. The van der Waals surface area contributed by atoms with Crippen LogP contribution in [0.25, 0.3) is 0 Å². The van der Waals surface area contributed by atoms with Crippen molar-refractivity contribution in [2.45, 2.75) is 20.1 Å². The van der Waals surface area contributed by atoms with Crippen molar-refractivity contribution >= 4 is 35.8 Å². The molecule has 7 nitrogen and oxygen atoms in total. The summed E-state index contributed by atoms with van der Waals surface area (Å²) in [5.74, 6) is -0.943. The first-order chi connectivity index (χ1) is 11.6. The number of nitrogens with zero attached hydrogens (tertiary/aromatic N) is 1. The third-order valence-corrected chi connectivity index (χ3v) is 4.48. The van der Waals surface area contributed by atoms with Crippen molar-refractivity contribution in [3.8, 4) is 0 Å². The monoisotopic (exact) mass is 346 g/mol. The van der Waals surface area contributed by atoms with Gasteiger partial charge in [-0.2, -0.15) is 0 Å². The summed E-state index contributed by atoms with van der Waals surface area (Å²) >= 11 is 1.39. The second kappa shape index (κ2) is 7.12. The minimum absolute atomic E-state index is 0.0910. The van der Waals surface area contributed by atoms with Gasteiger partial charge < -0.3 is 19.7 Å². The largest absolute Gasteiger partial charge is 0.492 e. The van der Waals surface area contributed by atoms with E-state index in [1.54, 1.807) is 30.6 Å². The maximum Gasteiger partial charge on any atom is 0.492 e. The fraction of sp³-hybridized carbons (Fsp3) is 0.267. The van der Waals surface area contributed by atoms with Crippen LogP contribution in [0.3, 0.4) is 0 Å². The van der Waals surface area contributed by atoms with Crippen LogP contribution in [0.2, 0.25) is 0 Å². The Labute approximate surface area is 142 Å². The zero-order valence-electron chi connectivity index (χ0n) is 12.9. The van der Waals surface area contributed by atoms with Gasteiger partial charge in [-0.1, -0.05) is 6.07 Å². The number of esters is 1. The van der Waals surface area contributed by atoms with E-state index in [4.69, 9.17) is 9.39 Å². The Bertz CT molecular complexity index is 765. The average molecular weight is 346 g/mol. The number of nitrogens with one attached hydrogen (secondary N) is 1. The summed E-state index contributed by atoms with van der Waals surface area (Å²) in [4.78, 5) is 27.9.